The fraction of sp³-hybridized carbons (Fsp3) is 0.611. The van der Waals surface area contributed by atoms with E-state index in [-0.39, 0.29) is 6.03 Å². The average Bonchev–Trinajstić information content (AvgIpc) is 3.04. The normalized spacial score (nSPS) is 21.3. The molecule has 0 bridgehead atoms. The van der Waals surface area contributed by atoms with Gasteiger partial charge in [0.05, 0.1) is 13.2 Å². The molecule has 0 saturated carbocycles. The Kier molecular flexibility index (Phi) is 5.18. The van der Waals surface area contributed by atoms with Gasteiger partial charge < -0.3 is 19.7 Å². The summed E-state index contributed by atoms with van der Waals surface area (Å²) < 4.78 is 11.4. The minimum Gasteiger partial charge on any atom is -0.347 e. The molecular weight excluding hydrogens is 292 g/mol. The molecule has 2 aliphatic rings. The van der Waals surface area contributed by atoms with Crippen LogP contribution in [0.15, 0.2) is 30.3 Å². The van der Waals surface area contributed by atoms with Crippen LogP contribution in [0.2, 0.25) is 0 Å². The van der Waals surface area contributed by atoms with Gasteiger partial charge in [-0.1, -0.05) is 37.3 Å². The first-order valence-electron chi connectivity index (χ1n) is 8.54. The molecular formula is C18H26N2O3. The van der Waals surface area contributed by atoms with Crippen molar-refractivity contribution < 1.29 is 14.3 Å². The highest BCUT2D eigenvalue weighted by Crippen LogP contribution is 2.31. The maximum absolute atomic E-state index is 12.3. The number of likely N-dealkylation sites (tertiary alicyclic amines) is 1. The van der Waals surface area contributed by atoms with E-state index in [4.69, 9.17) is 9.47 Å². The number of nitrogens with zero attached hydrogens (tertiary/aromatic N) is 1. The minimum absolute atomic E-state index is 0.0260. The molecule has 1 spiro atoms. The summed E-state index contributed by atoms with van der Waals surface area (Å²) in [4.78, 5) is 14.1. The fourth-order valence-corrected chi connectivity index (χ4v) is 3.29. The lowest BCUT2D eigenvalue weighted by molar-refractivity contribution is -0.181. The molecule has 2 amide bonds. The minimum atomic E-state index is -0.418. The second kappa shape index (κ2) is 7.32. The van der Waals surface area contributed by atoms with Gasteiger partial charge in [0.1, 0.15) is 0 Å². The van der Waals surface area contributed by atoms with Crippen LogP contribution in [0.3, 0.4) is 0 Å². The SMILES string of the molecule is C[C@H](CCNC(=O)N1CCC2(CC1)OCCO2)c1ccccc1. The number of ether oxygens (including phenoxy) is 2. The van der Waals surface area contributed by atoms with Gasteiger partial charge in [0.15, 0.2) is 5.79 Å². The van der Waals surface area contributed by atoms with Crippen LogP contribution in [0.5, 0.6) is 0 Å². The Bertz CT molecular complexity index is 504. The lowest BCUT2D eigenvalue weighted by Gasteiger charge is -2.37. The summed E-state index contributed by atoms with van der Waals surface area (Å²) in [6.45, 7) is 5.62. The van der Waals surface area contributed by atoms with Crippen LogP contribution in [0.1, 0.15) is 37.7 Å². The van der Waals surface area contributed by atoms with E-state index in [0.29, 0.717) is 38.8 Å². The molecule has 2 saturated heterocycles. The van der Waals surface area contributed by atoms with Gasteiger partial charge >= 0.3 is 6.03 Å². The summed E-state index contributed by atoms with van der Waals surface area (Å²) in [5.74, 6) is 0.0277. The third kappa shape index (κ3) is 4.03. The van der Waals surface area contributed by atoms with Crippen molar-refractivity contribution in [2.75, 3.05) is 32.8 Å². The quantitative estimate of drug-likeness (QED) is 0.929. The van der Waals surface area contributed by atoms with Gasteiger partial charge in [-0.25, -0.2) is 4.79 Å². The number of urea groups is 1. The van der Waals surface area contributed by atoms with Gasteiger partial charge in [-0.05, 0) is 17.9 Å². The lowest BCUT2D eigenvalue weighted by atomic mass is 9.98. The second-order valence-corrected chi connectivity index (χ2v) is 6.43. The topological polar surface area (TPSA) is 50.8 Å². The summed E-state index contributed by atoms with van der Waals surface area (Å²) in [7, 11) is 0. The molecule has 5 heteroatoms. The zero-order valence-electron chi connectivity index (χ0n) is 13.8. The number of hydrogen-bond acceptors (Lipinski definition) is 3. The maximum Gasteiger partial charge on any atom is 0.317 e. The molecule has 3 rings (SSSR count). The van der Waals surface area contributed by atoms with E-state index < -0.39 is 5.79 Å². The van der Waals surface area contributed by atoms with E-state index in [1.807, 2.05) is 11.0 Å². The number of rotatable bonds is 4. The van der Waals surface area contributed by atoms with Gasteiger partial charge in [-0.15, -0.1) is 0 Å². The summed E-state index contributed by atoms with van der Waals surface area (Å²) in [6.07, 6.45) is 2.47. The van der Waals surface area contributed by atoms with E-state index in [1.54, 1.807) is 0 Å². The van der Waals surface area contributed by atoms with Gasteiger partial charge in [0.25, 0.3) is 0 Å². The van der Waals surface area contributed by atoms with E-state index >= 15 is 0 Å². The van der Waals surface area contributed by atoms with Crippen LogP contribution >= 0.6 is 0 Å². The Hall–Kier alpha value is -1.59. The van der Waals surface area contributed by atoms with E-state index in [2.05, 4.69) is 36.5 Å². The van der Waals surface area contributed by atoms with Gasteiger partial charge in [-0.2, -0.15) is 0 Å². The Labute approximate surface area is 137 Å². The van der Waals surface area contributed by atoms with Crippen LogP contribution < -0.4 is 5.32 Å². The summed E-state index contributed by atoms with van der Waals surface area (Å²) in [5, 5.41) is 3.04. The van der Waals surface area contributed by atoms with Crippen molar-refractivity contribution >= 4 is 6.03 Å². The van der Waals surface area contributed by atoms with Crippen molar-refractivity contribution in [3.05, 3.63) is 35.9 Å². The van der Waals surface area contributed by atoms with Crippen molar-refractivity contribution in [1.29, 1.82) is 0 Å². The summed E-state index contributed by atoms with van der Waals surface area (Å²) in [6, 6.07) is 10.4. The smallest absolute Gasteiger partial charge is 0.317 e. The monoisotopic (exact) mass is 318 g/mol. The van der Waals surface area contributed by atoms with Gasteiger partial charge in [0, 0.05) is 32.5 Å². The molecule has 1 aromatic carbocycles. The Morgan fingerprint density at radius 1 is 1.22 bits per heavy atom. The molecule has 1 atom stereocenters. The van der Waals surface area contributed by atoms with Crippen molar-refractivity contribution in [2.24, 2.45) is 0 Å². The lowest BCUT2D eigenvalue weighted by Crippen LogP contribution is -2.50. The molecule has 23 heavy (non-hydrogen) atoms. The largest absolute Gasteiger partial charge is 0.347 e. The molecule has 0 unspecified atom stereocenters. The first kappa shape index (κ1) is 16.3. The average molecular weight is 318 g/mol. The van der Waals surface area contributed by atoms with Crippen LogP contribution in [-0.4, -0.2) is 49.6 Å². The maximum atomic E-state index is 12.3. The molecule has 1 aromatic rings. The molecule has 126 valence electrons. The number of piperidine rings is 1. The van der Waals surface area contributed by atoms with Crippen LogP contribution in [-0.2, 0) is 9.47 Å². The zero-order valence-corrected chi connectivity index (χ0v) is 13.8. The molecule has 2 aliphatic heterocycles. The molecule has 1 N–H and O–H groups in total. The fourth-order valence-electron chi connectivity index (χ4n) is 3.29. The van der Waals surface area contributed by atoms with Crippen LogP contribution in [0.25, 0.3) is 0 Å². The Morgan fingerprint density at radius 3 is 2.52 bits per heavy atom. The molecule has 2 heterocycles. The van der Waals surface area contributed by atoms with Gasteiger partial charge in [-0.3, -0.25) is 0 Å². The Balaban J connectivity index is 1.38. The first-order chi connectivity index (χ1) is 11.2. The third-order valence-corrected chi connectivity index (χ3v) is 4.85. The van der Waals surface area contributed by atoms with E-state index in [9.17, 15) is 4.79 Å². The van der Waals surface area contributed by atoms with Crippen LogP contribution in [0.4, 0.5) is 4.79 Å². The Morgan fingerprint density at radius 2 is 1.87 bits per heavy atom. The van der Waals surface area contributed by atoms with Crippen LogP contribution in [0, 0.1) is 0 Å². The van der Waals surface area contributed by atoms with Crippen molar-refractivity contribution in [2.45, 2.75) is 37.9 Å². The molecule has 0 aromatic heterocycles. The molecule has 0 aliphatic carbocycles. The zero-order chi connectivity index (χ0) is 16.1. The molecule has 2 fully saturated rings. The number of hydrogen-bond donors (Lipinski definition) is 1. The van der Waals surface area contributed by atoms with Crippen molar-refractivity contribution in [1.82, 2.24) is 10.2 Å². The number of carbonyl (C=O) groups is 1. The predicted molar refractivity (Wildman–Crippen MR) is 88.3 cm³/mol. The van der Waals surface area contributed by atoms with Crippen molar-refractivity contribution in [3.8, 4) is 0 Å². The summed E-state index contributed by atoms with van der Waals surface area (Å²) >= 11 is 0. The van der Waals surface area contributed by atoms with E-state index in [1.165, 1.54) is 5.56 Å². The molecule has 0 radical (unpaired) electrons. The summed E-state index contributed by atoms with van der Waals surface area (Å²) in [5.41, 5.74) is 1.32. The number of carbonyl (C=O) groups excluding carboxylic acids is 1. The first-order valence-corrected chi connectivity index (χ1v) is 8.54. The third-order valence-electron chi connectivity index (χ3n) is 4.85. The number of benzene rings is 1. The standard InChI is InChI=1S/C18H26N2O3/c1-15(16-5-3-2-4-6-16)7-10-19-17(21)20-11-8-18(9-12-20)22-13-14-23-18/h2-6,15H,7-14H2,1H3,(H,19,21)/t15-/m1/s1. The highest BCUT2D eigenvalue weighted by Gasteiger charge is 2.40. The highest BCUT2D eigenvalue weighted by molar-refractivity contribution is 5.74. The number of nitrogens with one attached hydrogen (secondary N) is 1. The second-order valence-electron chi connectivity index (χ2n) is 6.43. The highest BCUT2D eigenvalue weighted by atomic mass is 16.7. The van der Waals surface area contributed by atoms with Crippen molar-refractivity contribution in [3.63, 3.8) is 0 Å². The van der Waals surface area contributed by atoms with E-state index in [0.717, 1.165) is 19.3 Å². The van der Waals surface area contributed by atoms with Gasteiger partial charge in [0.2, 0.25) is 0 Å². The molecule has 5 nitrogen and oxygen atoms in total. The number of amides is 2. The predicted octanol–water partition coefficient (Wildman–Crippen LogP) is 2.73.